The number of rotatable bonds is 2. The number of nitrogen functional groups attached to an aromatic ring is 1. The third-order valence-electron chi connectivity index (χ3n) is 2.33. The van der Waals surface area contributed by atoms with Crippen molar-refractivity contribution >= 4 is 5.69 Å². The molecule has 0 spiro atoms. The first kappa shape index (κ1) is 10.4. The Bertz CT molecular complexity index is 497. The normalized spacial score (nSPS) is 10.1. The van der Waals surface area contributed by atoms with Gasteiger partial charge in [0, 0.05) is 24.0 Å². The standard InChI is InChI=1S/C12H13N3O/c1-8-5-9(2)11(6-10(8)13)16-12-3-4-14-7-15-12/h3-7H,13H2,1-2H3. The van der Waals surface area contributed by atoms with E-state index < -0.39 is 0 Å². The van der Waals surface area contributed by atoms with Crippen LogP contribution in [0.25, 0.3) is 0 Å². The molecule has 0 saturated heterocycles. The number of hydrogen-bond acceptors (Lipinski definition) is 4. The third-order valence-corrected chi connectivity index (χ3v) is 2.33. The van der Waals surface area contributed by atoms with Crippen LogP contribution in [0.15, 0.2) is 30.7 Å². The fourth-order valence-electron chi connectivity index (χ4n) is 1.41. The molecule has 0 aliphatic heterocycles. The molecule has 1 heterocycles. The van der Waals surface area contributed by atoms with Gasteiger partial charge in [-0.1, -0.05) is 6.07 Å². The quantitative estimate of drug-likeness (QED) is 0.782. The molecule has 0 radical (unpaired) electrons. The van der Waals surface area contributed by atoms with Gasteiger partial charge < -0.3 is 10.5 Å². The summed E-state index contributed by atoms with van der Waals surface area (Å²) in [6, 6.07) is 5.51. The molecule has 4 heteroatoms. The monoisotopic (exact) mass is 215 g/mol. The van der Waals surface area contributed by atoms with E-state index >= 15 is 0 Å². The molecule has 2 N–H and O–H groups in total. The zero-order valence-electron chi connectivity index (χ0n) is 9.27. The molecule has 2 rings (SSSR count). The van der Waals surface area contributed by atoms with Gasteiger partial charge in [0.2, 0.25) is 5.88 Å². The number of nitrogens with two attached hydrogens (primary N) is 1. The second kappa shape index (κ2) is 4.18. The maximum atomic E-state index is 5.83. The molecule has 1 aromatic carbocycles. The number of hydrogen-bond donors (Lipinski definition) is 1. The second-order valence-electron chi connectivity index (χ2n) is 3.62. The van der Waals surface area contributed by atoms with E-state index in [4.69, 9.17) is 10.5 Å². The van der Waals surface area contributed by atoms with Crippen LogP contribution in [-0.2, 0) is 0 Å². The summed E-state index contributed by atoms with van der Waals surface area (Å²) in [5, 5.41) is 0. The van der Waals surface area contributed by atoms with Gasteiger partial charge in [-0.25, -0.2) is 9.97 Å². The van der Waals surface area contributed by atoms with Gasteiger partial charge in [0.25, 0.3) is 0 Å². The Morgan fingerprint density at radius 3 is 2.69 bits per heavy atom. The molecule has 0 aliphatic rings. The van der Waals surface area contributed by atoms with Crippen molar-refractivity contribution in [2.45, 2.75) is 13.8 Å². The smallest absolute Gasteiger partial charge is 0.222 e. The van der Waals surface area contributed by atoms with Crippen LogP contribution in [0.5, 0.6) is 11.6 Å². The highest BCUT2D eigenvalue weighted by Crippen LogP contribution is 2.27. The summed E-state index contributed by atoms with van der Waals surface area (Å²) in [5.41, 5.74) is 8.63. The zero-order chi connectivity index (χ0) is 11.5. The van der Waals surface area contributed by atoms with Gasteiger partial charge in [-0.2, -0.15) is 0 Å². The minimum atomic E-state index is 0.515. The molecule has 2 aromatic rings. The minimum Gasteiger partial charge on any atom is -0.439 e. The Morgan fingerprint density at radius 2 is 2.00 bits per heavy atom. The van der Waals surface area contributed by atoms with E-state index in [9.17, 15) is 0 Å². The number of ether oxygens (including phenoxy) is 1. The molecular formula is C12H13N3O. The van der Waals surface area contributed by atoms with Crippen LogP contribution in [0.3, 0.4) is 0 Å². The molecule has 0 bridgehead atoms. The Labute approximate surface area is 94.1 Å². The van der Waals surface area contributed by atoms with Crippen LogP contribution < -0.4 is 10.5 Å². The summed E-state index contributed by atoms with van der Waals surface area (Å²) in [6.45, 7) is 3.94. The van der Waals surface area contributed by atoms with Gasteiger partial charge in [0.1, 0.15) is 12.1 Å². The molecule has 4 nitrogen and oxygen atoms in total. The predicted octanol–water partition coefficient (Wildman–Crippen LogP) is 2.47. The number of aromatic nitrogens is 2. The number of anilines is 1. The minimum absolute atomic E-state index is 0.515. The fourth-order valence-corrected chi connectivity index (χ4v) is 1.41. The van der Waals surface area contributed by atoms with Crippen molar-refractivity contribution in [1.29, 1.82) is 0 Å². The van der Waals surface area contributed by atoms with Gasteiger partial charge in [0.15, 0.2) is 0 Å². The second-order valence-corrected chi connectivity index (χ2v) is 3.62. The summed E-state index contributed by atoms with van der Waals surface area (Å²) in [6.07, 6.45) is 3.08. The molecule has 0 aliphatic carbocycles. The average molecular weight is 215 g/mol. The third kappa shape index (κ3) is 2.11. The van der Waals surface area contributed by atoms with Crippen LogP contribution in [0.2, 0.25) is 0 Å². The van der Waals surface area contributed by atoms with Gasteiger partial charge in [0.05, 0.1) is 0 Å². The van der Waals surface area contributed by atoms with E-state index in [2.05, 4.69) is 9.97 Å². The Kier molecular flexibility index (Phi) is 2.72. The lowest BCUT2D eigenvalue weighted by molar-refractivity contribution is 0.458. The lowest BCUT2D eigenvalue weighted by Gasteiger charge is -2.10. The highest BCUT2D eigenvalue weighted by molar-refractivity contribution is 5.54. The maximum absolute atomic E-state index is 5.83. The maximum Gasteiger partial charge on any atom is 0.222 e. The van der Waals surface area contributed by atoms with Crippen molar-refractivity contribution in [3.63, 3.8) is 0 Å². The van der Waals surface area contributed by atoms with Crippen molar-refractivity contribution in [3.8, 4) is 11.6 Å². The molecule has 1 aromatic heterocycles. The number of nitrogens with zero attached hydrogens (tertiary/aromatic N) is 2. The van der Waals surface area contributed by atoms with Gasteiger partial charge >= 0.3 is 0 Å². The first-order chi connectivity index (χ1) is 7.66. The number of benzene rings is 1. The van der Waals surface area contributed by atoms with E-state index in [1.165, 1.54) is 6.33 Å². The highest BCUT2D eigenvalue weighted by Gasteiger charge is 2.05. The van der Waals surface area contributed by atoms with Crippen molar-refractivity contribution in [2.24, 2.45) is 0 Å². The SMILES string of the molecule is Cc1cc(C)c(Oc2ccncn2)cc1N. The van der Waals surface area contributed by atoms with Crippen molar-refractivity contribution in [3.05, 3.63) is 41.9 Å². The molecule has 0 atom stereocenters. The summed E-state index contributed by atoms with van der Waals surface area (Å²) in [5.74, 6) is 1.24. The first-order valence-corrected chi connectivity index (χ1v) is 4.97. The summed E-state index contributed by atoms with van der Waals surface area (Å²) in [7, 11) is 0. The summed E-state index contributed by atoms with van der Waals surface area (Å²) >= 11 is 0. The summed E-state index contributed by atoms with van der Waals surface area (Å²) in [4.78, 5) is 7.82. The fraction of sp³-hybridized carbons (Fsp3) is 0.167. The molecule has 0 saturated carbocycles. The van der Waals surface area contributed by atoms with Gasteiger partial charge in [-0.05, 0) is 25.0 Å². The Hall–Kier alpha value is -2.10. The molecule has 82 valence electrons. The Morgan fingerprint density at radius 1 is 1.19 bits per heavy atom. The Balaban J connectivity index is 2.32. The number of aryl methyl sites for hydroxylation is 2. The van der Waals surface area contributed by atoms with Gasteiger partial charge in [-0.3, -0.25) is 0 Å². The highest BCUT2D eigenvalue weighted by atomic mass is 16.5. The van der Waals surface area contributed by atoms with Gasteiger partial charge in [-0.15, -0.1) is 0 Å². The zero-order valence-corrected chi connectivity index (χ0v) is 9.27. The topological polar surface area (TPSA) is 61.0 Å². The van der Waals surface area contributed by atoms with Crippen molar-refractivity contribution in [1.82, 2.24) is 9.97 Å². The van der Waals surface area contributed by atoms with Crippen LogP contribution in [-0.4, -0.2) is 9.97 Å². The van der Waals surface area contributed by atoms with Crippen LogP contribution in [0.1, 0.15) is 11.1 Å². The van der Waals surface area contributed by atoms with Crippen LogP contribution in [0.4, 0.5) is 5.69 Å². The largest absolute Gasteiger partial charge is 0.439 e. The average Bonchev–Trinajstić information content (AvgIpc) is 2.27. The van der Waals surface area contributed by atoms with E-state index in [0.717, 1.165) is 22.6 Å². The lowest BCUT2D eigenvalue weighted by atomic mass is 10.1. The van der Waals surface area contributed by atoms with E-state index in [1.54, 1.807) is 12.3 Å². The van der Waals surface area contributed by atoms with E-state index in [0.29, 0.717) is 5.88 Å². The predicted molar refractivity (Wildman–Crippen MR) is 62.4 cm³/mol. The molecule has 0 fully saturated rings. The lowest BCUT2D eigenvalue weighted by Crippen LogP contribution is -1.95. The molecular weight excluding hydrogens is 202 g/mol. The van der Waals surface area contributed by atoms with Crippen LogP contribution >= 0.6 is 0 Å². The molecule has 0 amide bonds. The van der Waals surface area contributed by atoms with E-state index in [-0.39, 0.29) is 0 Å². The van der Waals surface area contributed by atoms with Crippen molar-refractivity contribution in [2.75, 3.05) is 5.73 Å². The first-order valence-electron chi connectivity index (χ1n) is 4.97. The van der Waals surface area contributed by atoms with Crippen LogP contribution in [0, 0.1) is 13.8 Å². The molecule has 16 heavy (non-hydrogen) atoms. The van der Waals surface area contributed by atoms with Crippen molar-refractivity contribution < 1.29 is 4.74 Å². The van der Waals surface area contributed by atoms with E-state index in [1.807, 2.05) is 26.0 Å². The molecule has 0 unspecified atom stereocenters. The summed E-state index contributed by atoms with van der Waals surface area (Å²) < 4.78 is 5.61.